The van der Waals surface area contributed by atoms with Gasteiger partial charge in [0.25, 0.3) is 6.47 Å². The summed E-state index contributed by atoms with van der Waals surface area (Å²) in [5, 5.41) is 9.95. The maximum absolute atomic E-state index is 13.0. The fourth-order valence-electron chi connectivity index (χ4n) is 4.58. The van der Waals surface area contributed by atoms with Crippen molar-refractivity contribution in [2.75, 3.05) is 39.4 Å². The Morgan fingerprint density at radius 1 is 1.09 bits per heavy atom. The first-order valence-corrected chi connectivity index (χ1v) is 11.7. The van der Waals surface area contributed by atoms with Gasteiger partial charge in [-0.1, -0.05) is 12.1 Å². The molecule has 1 saturated carbocycles. The quantitative estimate of drug-likeness (QED) is 0.569. The van der Waals surface area contributed by atoms with Crippen LogP contribution in [0.3, 0.4) is 0 Å². The summed E-state index contributed by atoms with van der Waals surface area (Å²) in [5.74, 6) is 0.630. The first-order valence-electron chi connectivity index (χ1n) is 11.7. The van der Waals surface area contributed by atoms with Gasteiger partial charge in [-0.05, 0) is 49.3 Å². The van der Waals surface area contributed by atoms with Gasteiger partial charge in [-0.25, -0.2) is 4.39 Å². The Morgan fingerprint density at radius 3 is 2.36 bits per heavy atom. The maximum Gasteiger partial charge on any atom is 0.290 e. The Morgan fingerprint density at radius 2 is 1.73 bits per heavy atom. The van der Waals surface area contributed by atoms with Crippen molar-refractivity contribution in [3.63, 3.8) is 0 Å². The van der Waals surface area contributed by atoms with Gasteiger partial charge < -0.3 is 20.1 Å². The topological polar surface area (TPSA) is 99.2 Å². The second-order valence-corrected chi connectivity index (χ2v) is 8.94. The summed E-state index contributed by atoms with van der Waals surface area (Å²) in [6, 6.07) is 6.61. The minimum absolute atomic E-state index is 0.0409. The third kappa shape index (κ3) is 8.08. The number of likely N-dealkylation sites (tertiary alicyclic amines) is 1. The molecule has 1 aliphatic carbocycles. The summed E-state index contributed by atoms with van der Waals surface area (Å²) in [6.07, 6.45) is 5.36. The zero-order chi connectivity index (χ0) is 23.6. The minimum Gasteiger partial charge on any atom is -0.483 e. The lowest BCUT2D eigenvalue weighted by Crippen LogP contribution is -2.47. The molecule has 182 valence electrons. The van der Waals surface area contributed by atoms with E-state index in [2.05, 4.69) is 10.2 Å². The number of morpholine rings is 1. The lowest BCUT2D eigenvalue weighted by molar-refractivity contribution is -0.136. The highest BCUT2D eigenvalue weighted by atomic mass is 19.1. The van der Waals surface area contributed by atoms with Gasteiger partial charge in [-0.2, -0.15) is 0 Å². The molecule has 2 heterocycles. The average molecular weight is 464 g/mol. The van der Waals surface area contributed by atoms with Crippen molar-refractivity contribution >= 4 is 18.3 Å². The second-order valence-electron chi connectivity index (χ2n) is 8.94. The average Bonchev–Trinajstić information content (AvgIpc) is 3.56. The number of carbonyl (C=O) groups is 3. The molecule has 9 heteroatoms. The van der Waals surface area contributed by atoms with E-state index in [4.69, 9.17) is 14.6 Å². The summed E-state index contributed by atoms with van der Waals surface area (Å²) < 4.78 is 18.4. The zero-order valence-corrected chi connectivity index (χ0v) is 19.0. The van der Waals surface area contributed by atoms with Crippen LogP contribution in [0.1, 0.15) is 37.7 Å². The molecule has 2 amide bonds. The lowest BCUT2D eigenvalue weighted by Gasteiger charge is -2.33. The molecule has 1 aromatic carbocycles. The number of amides is 2. The van der Waals surface area contributed by atoms with E-state index >= 15 is 0 Å². The van der Waals surface area contributed by atoms with E-state index in [9.17, 15) is 14.0 Å². The van der Waals surface area contributed by atoms with Crippen LogP contribution in [0.5, 0.6) is 0 Å². The molecular formula is C24H34FN3O5. The third-order valence-electron chi connectivity index (χ3n) is 6.52. The number of nitrogens with zero attached hydrogens (tertiary/aromatic N) is 2. The van der Waals surface area contributed by atoms with E-state index in [-0.39, 0.29) is 42.6 Å². The maximum atomic E-state index is 13.0. The predicted molar refractivity (Wildman–Crippen MR) is 120 cm³/mol. The van der Waals surface area contributed by atoms with Gasteiger partial charge in [-0.3, -0.25) is 19.3 Å². The largest absolute Gasteiger partial charge is 0.483 e. The number of halogens is 1. The van der Waals surface area contributed by atoms with Crippen LogP contribution in [-0.4, -0.2) is 84.7 Å². The Kier molecular flexibility index (Phi) is 9.62. The smallest absolute Gasteiger partial charge is 0.290 e. The molecule has 33 heavy (non-hydrogen) atoms. The molecule has 0 aromatic heterocycles. The molecule has 3 aliphatic rings. The first-order chi connectivity index (χ1) is 16.0. The second kappa shape index (κ2) is 12.6. The number of ether oxygens (including phenoxy) is 1. The first kappa shape index (κ1) is 25.1. The van der Waals surface area contributed by atoms with Crippen LogP contribution in [0.2, 0.25) is 0 Å². The van der Waals surface area contributed by atoms with Crippen LogP contribution in [0.25, 0.3) is 0 Å². The third-order valence-corrected chi connectivity index (χ3v) is 6.52. The molecule has 0 spiro atoms. The van der Waals surface area contributed by atoms with Crippen molar-refractivity contribution < 1.29 is 28.6 Å². The Hall–Kier alpha value is -2.52. The number of hydrogen-bond acceptors (Lipinski definition) is 5. The SMILES string of the molecule is O=C(Cc1ccc(F)cc1)NC[C@@H]1CC[C@H](CC(=O)N2CCOCC2)N1CC1CC1.O=CO. The van der Waals surface area contributed by atoms with Crippen molar-refractivity contribution in [1.82, 2.24) is 15.1 Å². The van der Waals surface area contributed by atoms with Crippen molar-refractivity contribution in [1.29, 1.82) is 0 Å². The number of benzene rings is 1. The van der Waals surface area contributed by atoms with Crippen LogP contribution in [0.15, 0.2) is 24.3 Å². The number of nitrogens with one attached hydrogen (secondary N) is 1. The monoisotopic (exact) mass is 463 g/mol. The van der Waals surface area contributed by atoms with Gasteiger partial charge in [0.05, 0.1) is 19.6 Å². The summed E-state index contributed by atoms with van der Waals surface area (Å²) >= 11 is 0. The van der Waals surface area contributed by atoms with Crippen molar-refractivity contribution in [3.05, 3.63) is 35.6 Å². The highest BCUT2D eigenvalue weighted by molar-refractivity contribution is 5.78. The van der Waals surface area contributed by atoms with Crippen molar-refractivity contribution in [2.45, 2.75) is 50.6 Å². The Bertz CT molecular complexity index is 781. The molecule has 0 radical (unpaired) electrons. The van der Waals surface area contributed by atoms with E-state index in [1.54, 1.807) is 12.1 Å². The number of hydrogen-bond donors (Lipinski definition) is 2. The molecule has 2 saturated heterocycles. The van der Waals surface area contributed by atoms with Gasteiger partial charge in [0.2, 0.25) is 11.8 Å². The minimum atomic E-state index is -0.293. The number of carbonyl (C=O) groups excluding carboxylic acids is 2. The van der Waals surface area contributed by atoms with Gasteiger partial charge >= 0.3 is 0 Å². The fourth-order valence-corrected chi connectivity index (χ4v) is 4.58. The van der Waals surface area contributed by atoms with E-state index in [1.165, 1.54) is 25.0 Å². The Balaban J connectivity index is 0.000000968. The molecule has 2 N–H and O–H groups in total. The van der Waals surface area contributed by atoms with Gasteiger partial charge in [0.1, 0.15) is 5.82 Å². The lowest BCUT2D eigenvalue weighted by atomic mass is 10.1. The molecule has 8 nitrogen and oxygen atoms in total. The highest BCUT2D eigenvalue weighted by Gasteiger charge is 2.38. The van der Waals surface area contributed by atoms with Crippen molar-refractivity contribution in [3.8, 4) is 0 Å². The standard InChI is InChI=1S/C23H32FN3O3.CH2O2/c24-19-5-3-17(4-6-19)13-22(28)25-15-21-8-7-20(27(21)16-18-1-2-18)14-23(29)26-9-11-30-12-10-26;2-1-3/h3-6,18,20-21H,1-2,7-16H2,(H,25,28);1H,(H,2,3)/t20-,21+;/m1./s1. The molecule has 0 unspecified atom stereocenters. The van der Waals surface area contributed by atoms with Crippen LogP contribution >= 0.6 is 0 Å². The molecular weight excluding hydrogens is 429 g/mol. The normalized spacial score (nSPS) is 22.9. The molecule has 2 atom stereocenters. The zero-order valence-electron chi connectivity index (χ0n) is 19.0. The van der Waals surface area contributed by atoms with Crippen molar-refractivity contribution in [2.24, 2.45) is 5.92 Å². The number of rotatable bonds is 8. The molecule has 2 aliphatic heterocycles. The van der Waals surface area contributed by atoms with Crippen LogP contribution in [0, 0.1) is 11.7 Å². The summed E-state index contributed by atoms with van der Waals surface area (Å²) in [7, 11) is 0. The molecule has 0 bridgehead atoms. The van der Waals surface area contributed by atoms with Gasteiger partial charge in [-0.15, -0.1) is 0 Å². The molecule has 4 rings (SSSR count). The molecule has 1 aromatic rings. The van der Waals surface area contributed by atoms with E-state index < -0.39 is 0 Å². The van der Waals surface area contributed by atoms with Gasteiger partial charge in [0.15, 0.2) is 0 Å². The van der Waals surface area contributed by atoms with Crippen LogP contribution in [0.4, 0.5) is 4.39 Å². The van der Waals surface area contributed by atoms with Crippen LogP contribution in [-0.2, 0) is 25.5 Å². The fraction of sp³-hybridized carbons (Fsp3) is 0.625. The van der Waals surface area contributed by atoms with E-state index in [1.807, 2.05) is 4.90 Å². The summed E-state index contributed by atoms with van der Waals surface area (Å²) in [4.78, 5) is 37.9. The van der Waals surface area contributed by atoms with Gasteiger partial charge in [0, 0.05) is 44.7 Å². The molecule has 3 fully saturated rings. The summed E-state index contributed by atoms with van der Waals surface area (Å²) in [6.45, 7) is 4.03. The number of carboxylic acid groups (broad SMARTS) is 1. The van der Waals surface area contributed by atoms with Crippen LogP contribution < -0.4 is 5.32 Å². The highest BCUT2D eigenvalue weighted by Crippen LogP contribution is 2.35. The Labute approximate surface area is 194 Å². The summed E-state index contributed by atoms with van der Waals surface area (Å²) in [5.41, 5.74) is 0.809. The van der Waals surface area contributed by atoms with E-state index in [0.717, 1.165) is 30.9 Å². The predicted octanol–water partition coefficient (Wildman–Crippen LogP) is 1.68. The van der Waals surface area contributed by atoms with E-state index in [0.29, 0.717) is 39.3 Å².